The number of hydrogen-bond acceptors (Lipinski definition) is 4. The number of hydrogen-bond donors (Lipinski definition) is 2. The number of nitrogen functional groups attached to an aromatic ring is 1. The molecule has 1 aromatic heterocycles. The fourth-order valence-corrected chi connectivity index (χ4v) is 2.13. The summed E-state index contributed by atoms with van der Waals surface area (Å²) < 4.78 is 7.27. The van der Waals surface area contributed by atoms with E-state index in [1.165, 1.54) is 0 Å². The summed E-state index contributed by atoms with van der Waals surface area (Å²) >= 11 is 0. The molecular formula is C13H18N4O2. The Morgan fingerprint density at radius 1 is 1.53 bits per heavy atom. The van der Waals surface area contributed by atoms with Crippen LogP contribution < -0.4 is 15.8 Å². The van der Waals surface area contributed by atoms with Crippen molar-refractivity contribution < 1.29 is 9.53 Å². The van der Waals surface area contributed by atoms with Crippen molar-refractivity contribution in [1.82, 2.24) is 14.9 Å². The number of benzene rings is 1. The topological polar surface area (TPSA) is 82.2 Å². The number of ether oxygens (including phenoxy) is 1. The van der Waals surface area contributed by atoms with E-state index >= 15 is 0 Å². The maximum atomic E-state index is 11.7. The van der Waals surface area contributed by atoms with Crippen molar-refractivity contribution in [2.24, 2.45) is 0 Å². The number of aromatic nitrogens is 2. The lowest BCUT2D eigenvalue weighted by atomic mass is 10.1. The van der Waals surface area contributed by atoms with Crippen molar-refractivity contribution in [3.63, 3.8) is 0 Å². The Morgan fingerprint density at radius 3 is 2.84 bits per heavy atom. The second-order valence-electron chi connectivity index (χ2n) is 4.25. The molecule has 0 bridgehead atoms. The van der Waals surface area contributed by atoms with E-state index in [2.05, 4.69) is 17.2 Å². The first-order valence-electron chi connectivity index (χ1n) is 6.18. The van der Waals surface area contributed by atoms with Gasteiger partial charge in [0.15, 0.2) is 0 Å². The van der Waals surface area contributed by atoms with E-state index in [-0.39, 0.29) is 5.91 Å². The molecule has 6 nitrogen and oxygen atoms in total. The molecule has 0 aliphatic heterocycles. The van der Waals surface area contributed by atoms with Crippen molar-refractivity contribution in [3.05, 3.63) is 17.7 Å². The second kappa shape index (κ2) is 5.17. The highest BCUT2D eigenvalue weighted by molar-refractivity contribution is 5.99. The molecule has 0 atom stereocenters. The Balaban J connectivity index is 2.69. The van der Waals surface area contributed by atoms with E-state index in [9.17, 15) is 4.79 Å². The highest BCUT2D eigenvalue weighted by Gasteiger charge is 2.16. The van der Waals surface area contributed by atoms with Gasteiger partial charge >= 0.3 is 0 Å². The number of anilines is 1. The van der Waals surface area contributed by atoms with E-state index in [0.29, 0.717) is 22.8 Å². The van der Waals surface area contributed by atoms with E-state index in [4.69, 9.17) is 10.5 Å². The molecule has 0 unspecified atom stereocenters. The molecule has 0 aliphatic carbocycles. The van der Waals surface area contributed by atoms with Gasteiger partial charge in [-0.2, -0.15) is 0 Å². The molecule has 0 aliphatic rings. The molecule has 0 fully saturated rings. The van der Waals surface area contributed by atoms with Crippen molar-refractivity contribution in [2.45, 2.75) is 19.9 Å². The van der Waals surface area contributed by atoms with Gasteiger partial charge in [0, 0.05) is 19.2 Å². The lowest BCUT2D eigenvalue weighted by Crippen LogP contribution is -2.17. The van der Waals surface area contributed by atoms with Gasteiger partial charge < -0.3 is 20.4 Å². The third kappa shape index (κ3) is 2.21. The molecule has 0 radical (unpaired) electrons. The van der Waals surface area contributed by atoms with Crippen LogP contribution in [0, 0.1) is 0 Å². The first kappa shape index (κ1) is 13.2. The molecular weight excluding hydrogens is 244 g/mol. The van der Waals surface area contributed by atoms with Gasteiger partial charge in [0.1, 0.15) is 11.3 Å². The molecule has 2 rings (SSSR count). The van der Waals surface area contributed by atoms with Crippen LogP contribution in [0.1, 0.15) is 23.7 Å². The van der Waals surface area contributed by atoms with Gasteiger partial charge in [-0.3, -0.25) is 4.79 Å². The molecule has 0 saturated heterocycles. The highest BCUT2D eigenvalue weighted by Crippen LogP contribution is 2.29. The van der Waals surface area contributed by atoms with Gasteiger partial charge in [-0.05, 0) is 18.6 Å². The average molecular weight is 262 g/mol. The van der Waals surface area contributed by atoms with E-state index in [1.54, 1.807) is 26.3 Å². The smallest absolute Gasteiger partial charge is 0.251 e. The first-order chi connectivity index (χ1) is 9.12. The van der Waals surface area contributed by atoms with Gasteiger partial charge in [-0.25, -0.2) is 4.98 Å². The zero-order valence-corrected chi connectivity index (χ0v) is 11.4. The largest absolute Gasteiger partial charge is 0.494 e. The number of nitrogens with two attached hydrogens (primary N) is 1. The molecule has 0 saturated carbocycles. The van der Waals surface area contributed by atoms with Crippen LogP contribution in [0.3, 0.4) is 0 Å². The Morgan fingerprint density at radius 2 is 2.26 bits per heavy atom. The number of fused-ring (bicyclic) bond motifs is 1. The molecule has 1 amide bonds. The number of methoxy groups -OCH3 is 1. The summed E-state index contributed by atoms with van der Waals surface area (Å²) in [5, 5.41) is 2.58. The molecule has 1 aromatic carbocycles. The Kier molecular flexibility index (Phi) is 3.59. The molecule has 102 valence electrons. The monoisotopic (exact) mass is 262 g/mol. The summed E-state index contributed by atoms with van der Waals surface area (Å²) in [6.07, 6.45) is 0.940. The van der Waals surface area contributed by atoms with Crippen LogP contribution >= 0.6 is 0 Å². The van der Waals surface area contributed by atoms with Crippen LogP contribution in [-0.2, 0) is 6.54 Å². The van der Waals surface area contributed by atoms with Crippen molar-refractivity contribution in [2.75, 3.05) is 19.9 Å². The summed E-state index contributed by atoms with van der Waals surface area (Å²) in [6.45, 7) is 2.83. The van der Waals surface area contributed by atoms with Crippen LogP contribution in [0.5, 0.6) is 5.75 Å². The number of imidazole rings is 1. The predicted molar refractivity (Wildman–Crippen MR) is 74.4 cm³/mol. The minimum Gasteiger partial charge on any atom is -0.494 e. The Labute approximate surface area is 111 Å². The van der Waals surface area contributed by atoms with Gasteiger partial charge in [0.25, 0.3) is 5.91 Å². The van der Waals surface area contributed by atoms with Crippen molar-refractivity contribution in [3.8, 4) is 5.75 Å². The third-order valence-corrected chi connectivity index (χ3v) is 2.99. The van der Waals surface area contributed by atoms with Gasteiger partial charge in [0.2, 0.25) is 5.95 Å². The molecule has 0 spiro atoms. The average Bonchev–Trinajstić information content (AvgIpc) is 2.73. The SMILES string of the molecule is CCCn1c(N)nc2cc(C(=O)NC)cc(OC)c21. The second-order valence-corrected chi connectivity index (χ2v) is 4.25. The lowest BCUT2D eigenvalue weighted by Gasteiger charge is -2.09. The first-order valence-corrected chi connectivity index (χ1v) is 6.18. The summed E-state index contributed by atoms with van der Waals surface area (Å²) in [6, 6.07) is 3.42. The third-order valence-electron chi connectivity index (χ3n) is 2.99. The minimum atomic E-state index is -0.177. The fraction of sp³-hybridized carbons (Fsp3) is 0.385. The molecule has 19 heavy (non-hydrogen) atoms. The molecule has 6 heteroatoms. The number of nitrogens with zero attached hydrogens (tertiary/aromatic N) is 2. The quantitative estimate of drug-likeness (QED) is 0.872. The van der Waals surface area contributed by atoms with Crippen LogP contribution in [0.4, 0.5) is 5.95 Å². The fourth-order valence-electron chi connectivity index (χ4n) is 2.13. The van der Waals surface area contributed by atoms with Crippen molar-refractivity contribution in [1.29, 1.82) is 0 Å². The highest BCUT2D eigenvalue weighted by atomic mass is 16.5. The molecule has 1 heterocycles. The van der Waals surface area contributed by atoms with Gasteiger partial charge in [-0.1, -0.05) is 6.92 Å². The van der Waals surface area contributed by atoms with Crippen molar-refractivity contribution >= 4 is 22.9 Å². The van der Waals surface area contributed by atoms with Gasteiger partial charge in [-0.15, -0.1) is 0 Å². The van der Waals surface area contributed by atoms with Crippen LogP contribution in [-0.4, -0.2) is 29.6 Å². The summed E-state index contributed by atoms with van der Waals surface area (Å²) in [5.41, 5.74) is 7.92. The summed E-state index contributed by atoms with van der Waals surface area (Å²) in [4.78, 5) is 16.0. The van der Waals surface area contributed by atoms with Crippen LogP contribution in [0.15, 0.2) is 12.1 Å². The lowest BCUT2D eigenvalue weighted by molar-refractivity contribution is 0.0963. The van der Waals surface area contributed by atoms with E-state index in [1.807, 2.05) is 4.57 Å². The number of amides is 1. The number of nitrogens with one attached hydrogen (secondary N) is 1. The molecule has 3 N–H and O–H groups in total. The minimum absolute atomic E-state index is 0.177. The number of carbonyl (C=O) groups is 1. The number of carbonyl (C=O) groups excluding carboxylic acids is 1. The number of aryl methyl sites for hydroxylation is 1. The Hall–Kier alpha value is -2.24. The zero-order valence-electron chi connectivity index (χ0n) is 11.4. The normalized spacial score (nSPS) is 10.7. The zero-order chi connectivity index (χ0) is 14.0. The molecule has 2 aromatic rings. The maximum Gasteiger partial charge on any atom is 0.251 e. The maximum absolute atomic E-state index is 11.7. The summed E-state index contributed by atoms with van der Waals surface area (Å²) in [5.74, 6) is 0.863. The number of rotatable bonds is 4. The van der Waals surface area contributed by atoms with E-state index in [0.717, 1.165) is 18.5 Å². The Bertz CT molecular complexity index is 619. The standard InChI is InChI=1S/C13H18N4O2/c1-4-5-17-11-9(16-13(17)14)6-8(12(18)15-2)7-10(11)19-3/h6-7H,4-5H2,1-3H3,(H2,14,16)(H,15,18). The van der Waals surface area contributed by atoms with Gasteiger partial charge in [0.05, 0.1) is 12.6 Å². The van der Waals surface area contributed by atoms with E-state index < -0.39 is 0 Å². The predicted octanol–water partition coefficient (Wildman–Crippen LogP) is 1.40. The summed E-state index contributed by atoms with van der Waals surface area (Å²) in [7, 11) is 3.16. The van der Waals surface area contributed by atoms with Crippen LogP contribution in [0.2, 0.25) is 0 Å². The van der Waals surface area contributed by atoms with Crippen LogP contribution in [0.25, 0.3) is 11.0 Å².